The zero-order chi connectivity index (χ0) is 0. The van der Waals surface area contributed by atoms with Crippen LogP contribution in [0.5, 0.6) is 0 Å². The fourth-order valence-corrected chi connectivity index (χ4v) is 0. The first-order valence-electron chi connectivity index (χ1n) is 0. The maximum atomic E-state index is 0. The Bertz CT molecular complexity index is 6.00. The average Bonchev–Trinajstić information content (AvgIpc) is 0. The molecule has 0 rings (SSSR count). The van der Waals surface area contributed by atoms with E-state index in [4.69, 9.17) is 0 Å². The van der Waals surface area contributed by atoms with E-state index in [0.717, 1.165) is 0 Å². The van der Waals surface area contributed by atoms with Crippen molar-refractivity contribution in [2.75, 3.05) is 0 Å². The summed E-state index contributed by atoms with van der Waals surface area (Å²) < 4.78 is 0. The molecule has 0 aliphatic heterocycles. The Balaban J connectivity index is 0. The maximum absolute atomic E-state index is 0. The molecule has 0 heterocycles. The molecule has 0 aromatic rings. The molecule has 0 unspecified atom stereocenters. The largest absolute Gasteiger partial charge is 2.00 e. The molecule has 0 aliphatic carbocycles. The predicted octanol–water partition coefficient (Wildman–Crippen LogP) is -0.359. The molecule has 26 valence electrons. The molecule has 0 spiro atoms. The number of rotatable bonds is 0. The van der Waals surface area contributed by atoms with E-state index in [0.29, 0.717) is 0 Å². The van der Waals surface area contributed by atoms with E-state index in [-0.39, 0.29) is 60.4 Å². The first kappa shape index (κ1) is 48.5. The van der Waals surface area contributed by atoms with Crippen LogP contribution in [0, 0.1) is 0 Å². The van der Waals surface area contributed by atoms with Crippen LogP contribution in [0.4, 0.5) is 0 Å². The van der Waals surface area contributed by atoms with E-state index < -0.39 is 0 Å². The second kappa shape index (κ2) is 24.1. The van der Waals surface area contributed by atoms with Gasteiger partial charge >= 0.3 is 16.8 Å². The van der Waals surface area contributed by atoms with Gasteiger partial charge in [-0.25, -0.2) is 0 Å². The molecular formula is H2CoO2Y. The van der Waals surface area contributed by atoms with Crippen molar-refractivity contribution in [2.24, 2.45) is 0 Å². The second-order valence-corrected chi connectivity index (χ2v) is 0. The molecule has 4 heteroatoms. The molecule has 0 aromatic carbocycles. The van der Waals surface area contributed by atoms with Gasteiger partial charge in [-0.2, -0.15) is 0 Å². The molecule has 0 saturated heterocycles. The van der Waals surface area contributed by atoms with Gasteiger partial charge in [-0.1, -0.05) is 0 Å². The van der Waals surface area contributed by atoms with E-state index in [1.54, 1.807) is 0 Å². The van der Waals surface area contributed by atoms with E-state index in [1.807, 2.05) is 0 Å². The average molecular weight is 182 g/mol. The molecular weight excluding hydrogens is 180 g/mol. The van der Waals surface area contributed by atoms with Gasteiger partial charge in [0.1, 0.15) is 0 Å². The third-order valence-corrected chi connectivity index (χ3v) is 0. The minimum atomic E-state index is 0. The molecule has 2 N–H and O–H groups in total. The van der Waals surface area contributed by atoms with Crippen LogP contribution in [-0.4, -0.2) is 11.0 Å². The topological polar surface area (TPSA) is 60.0 Å². The first-order valence-corrected chi connectivity index (χ1v) is 0. The van der Waals surface area contributed by atoms with Crippen LogP contribution in [0.2, 0.25) is 0 Å². The number of hydrogen-bond donors (Lipinski definition) is 0. The van der Waals surface area contributed by atoms with Crippen LogP contribution in [0.3, 0.4) is 0 Å². The summed E-state index contributed by atoms with van der Waals surface area (Å²) in [4.78, 5) is 0. The van der Waals surface area contributed by atoms with Crippen molar-refractivity contribution in [2.45, 2.75) is 0 Å². The third kappa shape index (κ3) is 9.65. The van der Waals surface area contributed by atoms with Gasteiger partial charge in [0.25, 0.3) is 0 Å². The van der Waals surface area contributed by atoms with Crippen LogP contribution in [0.15, 0.2) is 0 Å². The molecule has 0 bridgehead atoms. The SMILES string of the molecule is [Co+2].[OH-].[OH-].[Y]. The molecule has 0 amide bonds. The molecule has 2 radical (unpaired) electrons. The fourth-order valence-electron chi connectivity index (χ4n) is 0. The van der Waals surface area contributed by atoms with Crippen molar-refractivity contribution < 1.29 is 60.4 Å². The van der Waals surface area contributed by atoms with Crippen molar-refractivity contribution >= 4 is 0 Å². The normalized spacial score (nSPS) is 0. The maximum Gasteiger partial charge on any atom is 2.00 e. The van der Waals surface area contributed by atoms with Crippen molar-refractivity contribution in [1.82, 2.24) is 0 Å². The molecule has 0 aromatic heterocycles. The van der Waals surface area contributed by atoms with Gasteiger partial charge < -0.3 is 11.0 Å². The summed E-state index contributed by atoms with van der Waals surface area (Å²) in [6.45, 7) is 0. The summed E-state index contributed by atoms with van der Waals surface area (Å²) in [5, 5.41) is 0. The molecule has 4 heavy (non-hydrogen) atoms. The van der Waals surface area contributed by atoms with Crippen LogP contribution in [0.1, 0.15) is 0 Å². The minimum absolute atomic E-state index is 0. The molecule has 0 atom stereocenters. The molecule has 2 nitrogen and oxygen atoms in total. The van der Waals surface area contributed by atoms with E-state index in [2.05, 4.69) is 0 Å². The first-order chi connectivity index (χ1) is 0. The van der Waals surface area contributed by atoms with E-state index in [1.165, 1.54) is 0 Å². The van der Waals surface area contributed by atoms with E-state index in [9.17, 15) is 0 Å². The standard InChI is InChI=1S/Co.2H2O.Y/h;2*1H2;/q+2;;;/p-2. The Morgan fingerprint density at radius 2 is 0.750 bits per heavy atom. The van der Waals surface area contributed by atoms with Gasteiger partial charge in [0, 0.05) is 32.7 Å². The molecule has 0 fully saturated rings. The van der Waals surface area contributed by atoms with Gasteiger partial charge in [-0.15, -0.1) is 0 Å². The zero-order valence-electron chi connectivity index (χ0n) is 1.81. The zero-order valence-corrected chi connectivity index (χ0v) is 5.68. The molecule has 0 aliphatic rings. The Labute approximate surface area is 60.0 Å². The van der Waals surface area contributed by atoms with Gasteiger partial charge in [-0.3, -0.25) is 0 Å². The monoisotopic (exact) mass is 182 g/mol. The summed E-state index contributed by atoms with van der Waals surface area (Å²) in [6, 6.07) is 0. The predicted molar refractivity (Wildman–Crippen MR) is 3.87 cm³/mol. The van der Waals surface area contributed by atoms with Crippen molar-refractivity contribution in [3.05, 3.63) is 0 Å². The summed E-state index contributed by atoms with van der Waals surface area (Å²) in [5.41, 5.74) is 0. The Kier molecular flexibility index (Phi) is 292. The molecule has 0 saturated carbocycles. The van der Waals surface area contributed by atoms with Crippen LogP contribution < -0.4 is 0 Å². The van der Waals surface area contributed by atoms with Crippen LogP contribution in [-0.2, 0) is 49.5 Å². The summed E-state index contributed by atoms with van der Waals surface area (Å²) in [5.74, 6) is 0. The smallest absolute Gasteiger partial charge is 0.870 e. The Hall–Kier alpha value is 1.53. The van der Waals surface area contributed by atoms with Crippen molar-refractivity contribution in [1.29, 1.82) is 0 Å². The van der Waals surface area contributed by atoms with Crippen molar-refractivity contribution in [3.8, 4) is 0 Å². The van der Waals surface area contributed by atoms with Gasteiger partial charge in [0.05, 0.1) is 0 Å². The Morgan fingerprint density at radius 1 is 0.750 bits per heavy atom. The summed E-state index contributed by atoms with van der Waals surface area (Å²) >= 11 is 0. The second-order valence-electron chi connectivity index (χ2n) is 0. The fraction of sp³-hybridized carbons (Fsp3) is 0. The van der Waals surface area contributed by atoms with Crippen LogP contribution in [0.25, 0.3) is 0 Å². The Morgan fingerprint density at radius 3 is 0.750 bits per heavy atom. The van der Waals surface area contributed by atoms with Gasteiger partial charge in [0.15, 0.2) is 0 Å². The minimum Gasteiger partial charge on any atom is -0.870 e. The number of hydrogen-bond acceptors (Lipinski definition) is 2. The van der Waals surface area contributed by atoms with Gasteiger partial charge in [0.2, 0.25) is 0 Å². The van der Waals surface area contributed by atoms with Crippen molar-refractivity contribution in [3.63, 3.8) is 0 Å². The summed E-state index contributed by atoms with van der Waals surface area (Å²) in [7, 11) is 0. The van der Waals surface area contributed by atoms with Gasteiger partial charge in [-0.05, 0) is 0 Å². The summed E-state index contributed by atoms with van der Waals surface area (Å²) in [6.07, 6.45) is 0. The van der Waals surface area contributed by atoms with Crippen LogP contribution >= 0.6 is 0 Å². The third-order valence-electron chi connectivity index (χ3n) is 0. The van der Waals surface area contributed by atoms with E-state index >= 15 is 0 Å². The quantitative estimate of drug-likeness (QED) is 0.513.